The Balaban J connectivity index is 2.39. The maximum absolute atomic E-state index is 10.3. The van der Waals surface area contributed by atoms with E-state index in [1.54, 1.807) is 0 Å². The van der Waals surface area contributed by atoms with Crippen molar-refractivity contribution in [1.82, 2.24) is 5.32 Å². The van der Waals surface area contributed by atoms with Crippen LogP contribution in [0, 0.1) is 5.92 Å². The van der Waals surface area contributed by atoms with Gasteiger partial charge in [-0.15, -0.1) is 0 Å². The lowest BCUT2D eigenvalue weighted by molar-refractivity contribution is 0.0260. The molecule has 2 heteroatoms. The van der Waals surface area contributed by atoms with Crippen molar-refractivity contribution >= 4 is 0 Å². The van der Waals surface area contributed by atoms with E-state index in [2.05, 4.69) is 12.2 Å². The van der Waals surface area contributed by atoms with Crippen LogP contribution in [0.5, 0.6) is 0 Å². The SMILES string of the molecule is CCCC1CCCC(O)(CNC)CC1. The molecule has 2 nitrogen and oxygen atoms in total. The smallest absolute Gasteiger partial charge is 0.0771 e. The van der Waals surface area contributed by atoms with Crippen LogP contribution in [0.1, 0.15) is 51.9 Å². The fourth-order valence-electron chi connectivity index (χ4n) is 2.66. The highest BCUT2D eigenvalue weighted by molar-refractivity contribution is 4.84. The van der Waals surface area contributed by atoms with Gasteiger partial charge in [-0.05, 0) is 32.2 Å². The van der Waals surface area contributed by atoms with Crippen LogP contribution in [0.2, 0.25) is 0 Å². The number of rotatable bonds is 4. The Morgan fingerprint density at radius 2 is 2.14 bits per heavy atom. The van der Waals surface area contributed by atoms with Crippen LogP contribution in [0.4, 0.5) is 0 Å². The lowest BCUT2D eigenvalue weighted by atomic mass is 9.92. The van der Waals surface area contributed by atoms with Crippen LogP contribution < -0.4 is 5.32 Å². The number of hydrogen-bond acceptors (Lipinski definition) is 2. The molecule has 2 atom stereocenters. The molecular weight excluding hydrogens is 174 g/mol. The molecule has 14 heavy (non-hydrogen) atoms. The summed E-state index contributed by atoms with van der Waals surface area (Å²) in [6, 6.07) is 0. The Morgan fingerprint density at radius 3 is 2.79 bits per heavy atom. The third kappa shape index (κ3) is 3.58. The van der Waals surface area contributed by atoms with Crippen LogP contribution in [0.25, 0.3) is 0 Å². The molecule has 0 aromatic carbocycles. The van der Waals surface area contributed by atoms with Gasteiger partial charge < -0.3 is 10.4 Å². The molecule has 0 saturated heterocycles. The van der Waals surface area contributed by atoms with Gasteiger partial charge in [-0.1, -0.05) is 32.6 Å². The summed E-state index contributed by atoms with van der Waals surface area (Å²) in [6.07, 6.45) is 8.33. The first-order valence-electron chi connectivity index (χ1n) is 6.07. The van der Waals surface area contributed by atoms with Crippen molar-refractivity contribution in [3.05, 3.63) is 0 Å². The summed E-state index contributed by atoms with van der Waals surface area (Å²) >= 11 is 0. The molecule has 1 rings (SSSR count). The Bertz CT molecular complexity index is 160. The van der Waals surface area contributed by atoms with Crippen molar-refractivity contribution in [2.24, 2.45) is 5.92 Å². The average Bonchev–Trinajstić information content (AvgIpc) is 2.30. The molecule has 0 bridgehead atoms. The van der Waals surface area contributed by atoms with Gasteiger partial charge in [0.2, 0.25) is 0 Å². The highest BCUT2D eigenvalue weighted by Crippen LogP contribution is 2.32. The molecule has 2 N–H and O–H groups in total. The first kappa shape index (κ1) is 12.0. The van der Waals surface area contributed by atoms with Gasteiger partial charge in [0.1, 0.15) is 0 Å². The second-order valence-electron chi connectivity index (χ2n) is 4.84. The minimum Gasteiger partial charge on any atom is -0.389 e. The topological polar surface area (TPSA) is 32.3 Å². The Morgan fingerprint density at radius 1 is 1.36 bits per heavy atom. The van der Waals surface area contributed by atoms with Crippen LogP contribution in [0.15, 0.2) is 0 Å². The molecule has 1 aliphatic rings. The zero-order valence-electron chi connectivity index (χ0n) is 9.68. The summed E-state index contributed by atoms with van der Waals surface area (Å²) in [5, 5.41) is 13.4. The van der Waals surface area contributed by atoms with Crippen molar-refractivity contribution in [2.45, 2.75) is 57.5 Å². The Labute approximate surface area is 88.1 Å². The standard InChI is InChI=1S/C12H25NO/c1-3-5-11-6-4-8-12(14,9-7-11)10-13-2/h11,13-14H,3-10H2,1-2H3. The van der Waals surface area contributed by atoms with Gasteiger partial charge in [-0.25, -0.2) is 0 Å². The molecule has 0 heterocycles. The second-order valence-corrected chi connectivity index (χ2v) is 4.84. The molecule has 0 aromatic rings. The lowest BCUT2D eigenvalue weighted by Gasteiger charge is -2.26. The third-order valence-electron chi connectivity index (χ3n) is 3.48. The Hall–Kier alpha value is -0.0800. The summed E-state index contributed by atoms with van der Waals surface area (Å²) < 4.78 is 0. The van der Waals surface area contributed by atoms with E-state index in [9.17, 15) is 5.11 Å². The predicted octanol–water partition coefficient (Wildman–Crippen LogP) is 2.32. The average molecular weight is 199 g/mol. The molecule has 0 amide bonds. The molecule has 1 aliphatic carbocycles. The van der Waals surface area contributed by atoms with Crippen molar-refractivity contribution in [3.63, 3.8) is 0 Å². The first-order chi connectivity index (χ1) is 6.70. The highest BCUT2D eigenvalue weighted by Gasteiger charge is 2.29. The van der Waals surface area contributed by atoms with E-state index in [0.717, 1.165) is 25.3 Å². The van der Waals surface area contributed by atoms with Gasteiger partial charge in [0.05, 0.1) is 5.60 Å². The maximum Gasteiger partial charge on any atom is 0.0771 e. The molecule has 1 fully saturated rings. The van der Waals surface area contributed by atoms with Crippen molar-refractivity contribution in [1.29, 1.82) is 0 Å². The van der Waals surface area contributed by atoms with E-state index in [-0.39, 0.29) is 0 Å². The van der Waals surface area contributed by atoms with E-state index in [4.69, 9.17) is 0 Å². The zero-order chi connectivity index (χ0) is 10.4. The van der Waals surface area contributed by atoms with E-state index < -0.39 is 5.60 Å². The summed E-state index contributed by atoms with van der Waals surface area (Å²) in [5.41, 5.74) is -0.419. The molecule has 0 aromatic heterocycles. The molecular formula is C12H25NO. The van der Waals surface area contributed by atoms with Gasteiger partial charge >= 0.3 is 0 Å². The van der Waals surface area contributed by atoms with Crippen LogP contribution in [0.3, 0.4) is 0 Å². The van der Waals surface area contributed by atoms with E-state index in [1.807, 2.05) is 7.05 Å². The van der Waals surface area contributed by atoms with Gasteiger partial charge in [0, 0.05) is 6.54 Å². The fourth-order valence-corrected chi connectivity index (χ4v) is 2.66. The number of hydrogen-bond donors (Lipinski definition) is 2. The highest BCUT2D eigenvalue weighted by atomic mass is 16.3. The van der Waals surface area contributed by atoms with Crippen molar-refractivity contribution < 1.29 is 5.11 Å². The largest absolute Gasteiger partial charge is 0.389 e. The third-order valence-corrected chi connectivity index (χ3v) is 3.48. The summed E-state index contributed by atoms with van der Waals surface area (Å²) in [4.78, 5) is 0. The van der Waals surface area contributed by atoms with Crippen LogP contribution >= 0.6 is 0 Å². The van der Waals surface area contributed by atoms with Gasteiger partial charge in [-0.2, -0.15) is 0 Å². The normalized spacial score (nSPS) is 34.1. The van der Waals surface area contributed by atoms with Crippen LogP contribution in [-0.4, -0.2) is 24.3 Å². The van der Waals surface area contributed by atoms with Gasteiger partial charge in [0.15, 0.2) is 0 Å². The summed E-state index contributed by atoms with van der Waals surface area (Å²) in [6.45, 7) is 3.01. The molecule has 1 saturated carbocycles. The number of aliphatic hydroxyl groups is 1. The van der Waals surface area contributed by atoms with E-state index >= 15 is 0 Å². The van der Waals surface area contributed by atoms with Gasteiger partial charge in [0.25, 0.3) is 0 Å². The number of nitrogens with one attached hydrogen (secondary N) is 1. The summed E-state index contributed by atoms with van der Waals surface area (Å²) in [7, 11) is 1.92. The fraction of sp³-hybridized carbons (Fsp3) is 1.00. The van der Waals surface area contributed by atoms with Crippen molar-refractivity contribution in [2.75, 3.05) is 13.6 Å². The molecule has 2 unspecified atom stereocenters. The quantitative estimate of drug-likeness (QED) is 0.681. The van der Waals surface area contributed by atoms with E-state index in [0.29, 0.717) is 0 Å². The van der Waals surface area contributed by atoms with Gasteiger partial charge in [-0.3, -0.25) is 0 Å². The second kappa shape index (κ2) is 5.72. The maximum atomic E-state index is 10.3. The summed E-state index contributed by atoms with van der Waals surface area (Å²) in [5.74, 6) is 0.867. The predicted molar refractivity (Wildman–Crippen MR) is 60.4 cm³/mol. The van der Waals surface area contributed by atoms with Crippen LogP contribution in [-0.2, 0) is 0 Å². The van der Waals surface area contributed by atoms with E-state index in [1.165, 1.54) is 32.1 Å². The van der Waals surface area contributed by atoms with Crippen molar-refractivity contribution in [3.8, 4) is 0 Å². The molecule has 0 spiro atoms. The number of likely N-dealkylation sites (N-methyl/N-ethyl adjacent to an activating group) is 1. The minimum absolute atomic E-state index is 0.419. The zero-order valence-corrected chi connectivity index (χ0v) is 9.68. The minimum atomic E-state index is -0.419. The lowest BCUT2D eigenvalue weighted by Crippen LogP contribution is -2.38. The monoisotopic (exact) mass is 199 g/mol. The Kier molecular flexibility index (Phi) is 4.90. The molecule has 0 aliphatic heterocycles. The molecule has 84 valence electrons. The first-order valence-corrected chi connectivity index (χ1v) is 6.07. The molecule has 0 radical (unpaired) electrons.